The third-order valence-corrected chi connectivity index (χ3v) is 4.42. The molecule has 29 heavy (non-hydrogen) atoms. The number of hydrogen-bond donors (Lipinski definition) is 2. The van der Waals surface area contributed by atoms with Gasteiger partial charge in [-0.2, -0.15) is 0 Å². The number of methoxy groups -OCH3 is 1. The van der Waals surface area contributed by atoms with Crippen molar-refractivity contribution in [2.24, 2.45) is 5.41 Å². The van der Waals surface area contributed by atoms with Crippen LogP contribution in [0.1, 0.15) is 36.7 Å². The fraction of sp³-hybridized carbons (Fsp3) is 0.318. The second kappa shape index (κ2) is 9.73. The molecule has 0 saturated carbocycles. The highest BCUT2D eigenvalue weighted by atomic mass is 16.5. The lowest BCUT2D eigenvalue weighted by atomic mass is 9.90. The van der Waals surface area contributed by atoms with Crippen molar-refractivity contribution in [3.8, 4) is 5.75 Å². The summed E-state index contributed by atoms with van der Waals surface area (Å²) in [4.78, 5) is 36.9. The first-order chi connectivity index (χ1) is 13.8. The smallest absolute Gasteiger partial charge is 0.338 e. The first kappa shape index (κ1) is 21.9. The summed E-state index contributed by atoms with van der Waals surface area (Å²) in [5, 5.41) is 5.48. The van der Waals surface area contributed by atoms with Gasteiger partial charge in [-0.05, 0) is 51.1 Å². The van der Waals surface area contributed by atoms with Crippen molar-refractivity contribution in [3.63, 3.8) is 0 Å². The Labute approximate surface area is 170 Å². The summed E-state index contributed by atoms with van der Waals surface area (Å²) >= 11 is 0. The maximum atomic E-state index is 12.6. The van der Waals surface area contributed by atoms with Gasteiger partial charge in [-0.3, -0.25) is 9.59 Å². The van der Waals surface area contributed by atoms with Crippen molar-refractivity contribution in [3.05, 3.63) is 59.7 Å². The fourth-order valence-corrected chi connectivity index (χ4v) is 2.54. The summed E-state index contributed by atoms with van der Waals surface area (Å²) in [6, 6.07) is 13.6. The van der Waals surface area contributed by atoms with Crippen molar-refractivity contribution in [1.29, 1.82) is 0 Å². The third kappa shape index (κ3) is 5.57. The van der Waals surface area contributed by atoms with E-state index in [1.165, 1.54) is 0 Å². The molecule has 2 amide bonds. The minimum atomic E-state index is -1.30. The minimum absolute atomic E-state index is 0.244. The van der Waals surface area contributed by atoms with Crippen LogP contribution in [-0.4, -0.2) is 31.5 Å². The molecule has 0 spiro atoms. The first-order valence-electron chi connectivity index (χ1n) is 9.28. The number of benzene rings is 2. The number of amides is 2. The number of rotatable bonds is 8. The van der Waals surface area contributed by atoms with Crippen LogP contribution >= 0.6 is 0 Å². The Morgan fingerprint density at radius 3 is 2.24 bits per heavy atom. The molecule has 0 aliphatic rings. The summed E-state index contributed by atoms with van der Waals surface area (Å²) in [5.41, 5.74) is 0.378. The van der Waals surface area contributed by atoms with E-state index in [0.717, 1.165) is 5.56 Å². The van der Waals surface area contributed by atoms with E-state index < -0.39 is 23.2 Å². The molecule has 0 saturated heterocycles. The maximum Gasteiger partial charge on any atom is 0.338 e. The predicted molar refractivity (Wildman–Crippen MR) is 110 cm³/mol. The lowest BCUT2D eigenvalue weighted by molar-refractivity contribution is -0.138. The van der Waals surface area contributed by atoms with Gasteiger partial charge < -0.3 is 20.1 Å². The highest BCUT2D eigenvalue weighted by Gasteiger charge is 2.36. The summed E-state index contributed by atoms with van der Waals surface area (Å²) in [6.45, 7) is 5.36. The molecule has 0 bridgehead atoms. The van der Waals surface area contributed by atoms with Crippen LogP contribution in [-0.2, 0) is 20.9 Å². The molecule has 0 aliphatic heterocycles. The van der Waals surface area contributed by atoms with Gasteiger partial charge in [0, 0.05) is 17.8 Å². The molecule has 7 heteroatoms. The van der Waals surface area contributed by atoms with Gasteiger partial charge in [0.05, 0.1) is 19.3 Å². The van der Waals surface area contributed by atoms with Crippen molar-refractivity contribution < 1.29 is 23.9 Å². The molecule has 0 aromatic heterocycles. The van der Waals surface area contributed by atoms with Gasteiger partial charge >= 0.3 is 5.97 Å². The second-order valence-electron chi connectivity index (χ2n) is 6.87. The quantitative estimate of drug-likeness (QED) is 0.526. The van der Waals surface area contributed by atoms with E-state index in [1.807, 2.05) is 18.2 Å². The minimum Gasteiger partial charge on any atom is -0.496 e. The lowest BCUT2D eigenvalue weighted by Crippen LogP contribution is -2.44. The molecule has 0 heterocycles. The Morgan fingerprint density at radius 1 is 0.966 bits per heavy atom. The number of anilines is 1. The van der Waals surface area contributed by atoms with Gasteiger partial charge in [0.2, 0.25) is 11.8 Å². The number of carbonyl (C=O) groups excluding carboxylic acids is 3. The normalized spacial score (nSPS) is 10.8. The average molecular weight is 398 g/mol. The summed E-state index contributed by atoms with van der Waals surface area (Å²) in [5.74, 6) is -0.638. The molecule has 7 nitrogen and oxygen atoms in total. The van der Waals surface area contributed by atoms with Crippen LogP contribution in [0.2, 0.25) is 0 Å². The Kier molecular flexibility index (Phi) is 7.36. The van der Waals surface area contributed by atoms with E-state index in [-0.39, 0.29) is 13.2 Å². The zero-order chi connectivity index (χ0) is 21.4. The van der Waals surface area contributed by atoms with Gasteiger partial charge in [0.25, 0.3) is 0 Å². The largest absolute Gasteiger partial charge is 0.496 e. The number of esters is 1. The monoisotopic (exact) mass is 398 g/mol. The summed E-state index contributed by atoms with van der Waals surface area (Å²) in [6.07, 6.45) is 0. The summed E-state index contributed by atoms with van der Waals surface area (Å²) < 4.78 is 10.2. The molecular weight excluding hydrogens is 372 g/mol. The van der Waals surface area contributed by atoms with Crippen LogP contribution in [0, 0.1) is 5.41 Å². The predicted octanol–water partition coefficient (Wildman–Crippen LogP) is 3.15. The molecule has 0 fully saturated rings. The van der Waals surface area contributed by atoms with E-state index in [2.05, 4.69) is 10.6 Å². The van der Waals surface area contributed by atoms with Crippen LogP contribution < -0.4 is 15.4 Å². The van der Waals surface area contributed by atoms with Crippen LogP contribution in [0.3, 0.4) is 0 Å². The van der Waals surface area contributed by atoms with Crippen molar-refractivity contribution in [2.45, 2.75) is 27.3 Å². The maximum absolute atomic E-state index is 12.6. The SMILES string of the molecule is CCOC(=O)c1ccc(NC(=O)C(C)(C)C(=O)NCc2ccccc2OC)cc1. The Bertz CT molecular complexity index is 875. The lowest BCUT2D eigenvalue weighted by Gasteiger charge is -2.23. The van der Waals surface area contributed by atoms with Crippen LogP contribution in [0.15, 0.2) is 48.5 Å². The van der Waals surface area contributed by atoms with E-state index >= 15 is 0 Å². The molecule has 0 aliphatic carbocycles. The van der Waals surface area contributed by atoms with Crippen molar-refractivity contribution in [2.75, 3.05) is 19.0 Å². The Morgan fingerprint density at radius 2 is 1.62 bits per heavy atom. The zero-order valence-electron chi connectivity index (χ0n) is 17.1. The number of para-hydroxylation sites is 1. The number of hydrogen-bond acceptors (Lipinski definition) is 5. The van der Waals surface area contributed by atoms with Crippen LogP contribution in [0.25, 0.3) is 0 Å². The van der Waals surface area contributed by atoms with E-state index in [9.17, 15) is 14.4 Å². The molecule has 2 aromatic rings. The van der Waals surface area contributed by atoms with Gasteiger partial charge in [-0.1, -0.05) is 18.2 Å². The Hall–Kier alpha value is -3.35. The number of carbonyl (C=O) groups is 3. The molecule has 0 atom stereocenters. The highest BCUT2D eigenvalue weighted by Crippen LogP contribution is 2.21. The average Bonchev–Trinajstić information content (AvgIpc) is 2.72. The van der Waals surface area contributed by atoms with Crippen molar-refractivity contribution in [1.82, 2.24) is 5.32 Å². The van der Waals surface area contributed by atoms with Gasteiger partial charge in [-0.25, -0.2) is 4.79 Å². The second-order valence-corrected chi connectivity index (χ2v) is 6.87. The zero-order valence-corrected chi connectivity index (χ0v) is 17.1. The fourth-order valence-electron chi connectivity index (χ4n) is 2.54. The first-order valence-corrected chi connectivity index (χ1v) is 9.28. The van der Waals surface area contributed by atoms with E-state index in [0.29, 0.717) is 17.0 Å². The third-order valence-electron chi connectivity index (χ3n) is 4.42. The van der Waals surface area contributed by atoms with E-state index in [4.69, 9.17) is 9.47 Å². The Balaban J connectivity index is 1.99. The van der Waals surface area contributed by atoms with Crippen molar-refractivity contribution >= 4 is 23.5 Å². The molecule has 0 radical (unpaired) electrons. The number of ether oxygens (including phenoxy) is 2. The summed E-state index contributed by atoms with van der Waals surface area (Å²) in [7, 11) is 1.56. The van der Waals surface area contributed by atoms with Gasteiger partial charge in [0.1, 0.15) is 11.2 Å². The number of nitrogens with one attached hydrogen (secondary N) is 2. The molecule has 2 rings (SSSR count). The topological polar surface area (TPSA) is 93.7 Å². The molecule has 0 unspecified atom stereocenters. The van der Waals surface area contributed by atoms with Crippen LogP contribution in [0.4, 0.5) is 5.69 Å². The molecule has 154 valence electrons. The van der Waals surface area contributed by atoms with Crippen LogP contribution in [0.5, 0.6) is 5.75 Å². The molecular formula is C22H26N2O5. The van der Waals surface area contributed by atoms with Gasteiger partial charge in [-0.15, -0.1) is 0 Å². The molecule has 2 aromatic carbocycles. The standard InChI is InChI=1S/C22H26N2O5/c1-5-29-19(25)15-10-12-17(13-11-15)24-21(27)22(2,3)20(26)23-14-16-8-6-7-9-18(16)28-4/h6-13H,5,14H2,1-4H3,(H,23,26)(H,24,27). The molecule has 2 N–H and O–H groups in total. The van der Waals surface area contributed by atoms with E-state index in [1.54, 1.807) is 58.2 Å². The van der Waals surface area contributed by atoms with Gasteiger partial charge in [0.15, 0.2) is 0 Å². The highest BCUT2D eigenvalue weighted by molar-refractivity contribution is 6.09.